The van der Waals surface area contributed by atoms with Gasteiger partial charge in [0.15, 0.2) is 9.84 Å². The molecular weight excluding hydrogens is 216 g/mol. The van der Waals surface area contributed by atoms with Crippen LogP contribution in [0.4, 0.5) is 0 Å². The average molecular weight is 232 g/mol. The molecule has 0 aromatic carbocycles. The van der Waals surface area contributed by atoms with Crippen LogP contribution in [0.1, 0.15) is 25.7 Å². The largest absolute Gasteiger partial charge is 0.481 e. The third-order valence-electron chi connectivity index (χ3n) is 3.44. The van der Waals surface area contributed by atoms with E-state index in [2.05, 4.69) is 0 Å². The summed E-state index contributed by atoms with van der Waals surface area (Å²) in [6, 6.07) is 0. The number of hydrogen-bond donors (Lipinski definition) is 1. The monoisotopic (exact) mass is 232 g/mol. The predicted octanol–water partition coefficient (Wildman–Crippen LogP) is 0.922. The maximum atomic E-state index is 11.3. The van der Waals surface area contributed by atoms with Crippen LogP contribution in [0.2, 0.25) is 0 Å². The first-order valence-electron chi connectivity index (χ1n) is 5.41. The van der Waals surface area contributed by atoms with Crippen LogP contribution in [0, 0.1) is 17.8 Å². The van der Waals surface area contributed by atoms with Gasteiger partial charge in [0.1, 0.15) is 0 Å². The highest BCUT2D eigenvalue weighted by atomic mass is 32.2. The maximum Gasteiger partial charge on any atom is 0.306 e. The van der Waals surface area contributed by atoms with Gasteiger partial charge in [0.2, 0.25) is 0 Å². The minimum Gasteiger partial charge on any atom is -0.481 e. The molecule has 4 nitrogen and oxygen atoms in total. The molecule has 1 heterocycles. The Kier molecular flexibility index (Phi) is 2.75. The molecule has 0 amide bonds. The van der Waals surface area contributed by atoms with E-state index in [1.807, 2.05) is 0 Å². The molecule has 2 fully saturated rings. The molecule has 2 aliphatic rings. The molecule has 0 radical (unpaired) electrons. The molecular formula is C10H16O4S. The molecule has 1 aliphatic heterocycles. The summed E-state index contributed by atoms with van der Waals surface area (Å²) in [5.41, 5.74) is 0. The number of hydrogen-bond acceptors (Lipinski definition) is 3. The molecule has 1 N–H and O–H groups in total. The van der Waals surface area contributed by atoms with Gasteiger partial charge >= 0.3 is 5.97 Å². The summed E-state index contributed by atoms with van der Waals surface area (Å²) in [7, 11) is -2.95. The molecule has 2 rings (SSSR count). The second-order valence-corrected chi connectivity index (χ2v) is 7.02. The predicted molar refractivity (Wildman–Crippen MR) is 55.2 cm³/mol. The summed E-state index contributed by atoms with van der Waals surface area (Å²) in [6.07, 6.45) is 3.44. The van der Waals surface area contributed by atoms with Crippen LogP contribution >= 0.6 is 0 Å². The van der Waals surface area contributed by atoms with E-state index in [1.165, 1.54) is 0 Å². The van der Waals surface area contributed by atoms with Crippen LogP contribution in [-0.2, 0) is 14.6 Å². The van der Waals surface area contributed by atoms with Gasteiger partial charge in [0.05, 0.1) is 17.4 Å². The Morgan fingerprint density at radius 3 is 2.40 bits per heavy atom. The van der Waals surface area contributed by atoms with E-state index in [-0.39, 0.29) is 17.4 Å². The molecule has 1 saturated carbocycles. The van der Waals surface area contributed by atoms with Crippen LogP contribution in [0.3, 0.4) is 0 Å². The lowest BCUT2D eigenvalue weighted by molar-refractivity contribution is -0.143. The Bertz CT molecular complexity index is 356. The van der Waals surface area contributed by atoms with Gasteiger partial charge in [0, 0.05) is 0 Å². The molecule has 1 saturated heterocycles. The van der Waals surface area contributed by atoms with Gasteiger partial charge in [-0.2, -0.15) is 0 Å². The van der Waals surface area contributed by atoms with E-state index in [4.69, 9.17) is 5.11 Å². The normalized spacial score (nSPS) is 31.3. The smallest absolute Gasteiger partial charge is 0.306 e. The third kappa shape index (κ3) is 2.71. The number of carbonyl (C=O) groups is 1. The Labute approximate surface area is 89.6 Å². The second kappa shape index (κ2) is 3.77. The van der Waals surface area contributed by atoms with Crippen molar-refractivity contribution >= 4 is 15.8 Å². The minimum absolute atomic E-state index is 0.0800. The zero-order valence-electron chi connectivity index (χ0n) is 8.55. The molecule has 0 bridgehead atoms. The molecule has 2 atom stereocenters. The summed E-state index contributed by atoms with van der Waals surface area (Å²) in [5, 5.41) is 9.09. The van der Waals surface area contributed by atoms with E-state index in [9.17, 15) is 13.2 Å². The molecule has 2 unspecified atom stereocenters. The van der Waals surface area contributed by atoms with Gasteiger partial charge in [-0.3, -0.25) is 4.79 Å². The van der Waals surface area contributed by atoms with E-state index < -0.39 is 21.7 Å². The van der Waals surface area contributed by atoms with E-state index in [0.29, 0.717) is 18.8 Å². The molecule has 86 valence electrons. The Hall–Kier alpha value is -0.580. The molecule has 0 spiro atoms. The Morgan fingerprint density at radius 1 is 1.33 bits per heavy atom. The van der Waals surface area contributed by atoms with Crippen LogP contribution < -0.4 is 0 Å². The number of carboxylic acids is 1. The molecule has 5 heteroatoms. The highest BCUT2D eigenvalue weighted by Gasteiger charge is 2.39. The van der Waals surface area contributed by atoms with Gasteiger partial charge in [-0.1, -0.05) is 12.8 Å². The van der Waals surface area contributed by atoms with Crippen molar-refractivity contribution in [2.75, 3.05) is 11.5 Å². The average Bonchev–Trinajstić information content (AvgIpc) is 2.86. The lowest BCUT2D eigenvalue weighted by Gasteiger charge is -2.17. The van der Waals surface area contributed by atoms with E-state index in [1.54, 1.807) is 0 Å². The fourth-order valence-electron chi connectivity index (χ4n) is 2.35. The number of carboxylic acid groups (broad SMARTS) is 1. The molecule has 15 heavy (non-hydrogen) atoms. The van der Waals surface area contributed by atoms with Gasteiger partial charge in [0.25, 0.3) is 0 Å². The lowest BCUT2D eigenvalue weighted by atomic mass is 9.87. The number of sulfone groups is 1. The quantitative estimate of drug-likeness (QED) is 0.782. The standard InChI is InChI=1S/C10H16O4S/c11-10(12)9(5-7-1-2-7)8-3-4-15(13,14)6-8/h7-9H,1-6H2,(H,11,12). The van der Waals surface area contributed by atoms with Crippen molar-refractivity contribution in [1.29, 1.82) is 0 Å². The first kappa shape index (κ1) is 10.9. The highest BCUT2D eigenvalue weighted by Crippen LogP contribution is 2.39. The van der Waals surface area contributed by atoms with Gasteiger partial charge in [-0.25, -0.2) is 8.42 Å². The van der Waals surface area contributed by atoms with Crippen molar-refractivity contribution in [2.45, 2.75) is 25.7 Å². The zero-order valence-corrected chi connectivity index (χ0v) is 9.37. The van der Waals surface area contributed by atoms with Crippen molar-refractivity contribution in [3.63, 3.8) is 0 Å². The summed E-state index contributed by atoms with van der Waals surface area (Å²) in [6.45, 7) is 0. The maximum absolute atomic E-state index is 11.3. The van der Waals surface area contributed by atoms with Crippen molar-refractivity contribution in [2.24, 2.45) is 17.8 Å². The van der Waals surface area contributed by atoms with Crippen molar-refractivity contribution in [1.82, 2.24) is 0 Å². The Balaban J connectivity index is 2.01. The second-order valence-electron chi connectivity index (χ2n) is 4.79. The molecule has 1 aliphatic carbocycles. The first-order valence-corrected chi connectivity index (χ1v) is 7.23. The summed E-state index contributed by atoms with van der Waals surface area (Å²) < 4.78 is 22.6. The number of aliphatic carboxylic acids is 1. The Morgan fingerprint density at radius 2 is 2.00 bits per heavy atom. The zero-order chi connectivity index (χ0) is 11.1. The van der Waals surface area contributed by atoms with Crippen LogP contribution in [0.15, 0.2) is 0 Å². The van der Waals surface area contributed by atoms with Crippen LogP contribution in [-0.4, -0.2) is 31.0 Å². The van der Waals surface area contributed by atoms with Crippen molar-refractivity contribution in [3.05, 3.63) is 0 Å². The topological polar surface area (TPSA) is 71.4 Å². The highest BCUT2D eigenvalue weighted by molar-refractivity contribution is 7.91. The summed E-state index contributed by atoms with van der Waals surface area (Å²) >= 11 is 0. The van der Waals surface area contributed by atoms with Crippen LogP contribution in [0.25, 0.3) is 0 Å². The summed E-state index contributed by atoms with van der Waals surface area (Å²) in [4.78, 5) is 11.1. The van der Waals surface area contributed by atoms with Gasteiger partial charge < -0.3 is 5.11 Å². The SMILES string of the molecule is O=C(O)C(CC1CC1)C1CCS(=O)(=O)C1. The molecule has 0 aromatic rings. The number of rotatable bonds is 4. The van der Waals surface area contributed by atoms with E-state index >= 15 is 0 Å². The van der Waals surface area contributed by atoms with Crippen LogP contribution in [0.5, 0.6) is 0 Å². The third-order valence-corrected chi connectivity index (χ3v) is 5.23. The van der Waals surface area contributed by atoms with Crippen molar-refractivity contribution < 1.29 is 18.3 Å². The van der Waals surface area contributed by atoms with Crippen molar-refractivity contribution in [3.8, 4) is 0 Å². The fraction of sp³-hybridized carbons (Fsp3) is 0.900. The first-order chi connectivity index (χ1) is 6.98. The van der Waals surface area contributed by atoms with Gasteiger partial charge in [-0.05, 0) is 24.7 Å². The minimum atomic E-state index is -2.95. The van der Waals surface area contributed by atoms with Gasteiger partial charge in [-0.15, -0.1) is 0 Å². The molecule has 0 aromatic heterocycles. The summed E-state index contributed by atoms with van der Waals surface area (Å²) in [5.74, 6) is -0.607. The van der Waals surface area contributed by atoms with E-state index in [0.717, 1.165) is 12.8 Å². The fourth-order valence-corrected chi connectivity index (χ4v) is 4.23. The lowest BCUT2D eigenvalue weighted by Crippen LogP contribution is -2.25.